The van der Waals surface area contributed by atoms with Crippen LogP contribution in [0, 0.1) is 0 Å². The number of carbonyl (C=O) groups is 3. The van der Waals surface area contributed by atoms with Crippen LogP contribution in [0.15, 0.2) is 35.8 Å². The van der Waals surface area contributed by atoms with Gasteiger partial charge in [0.2, 0.25) is 5.91 Å². The summed E-state index contributed by atoms with van der Waals surface area (Å²) in [5.74, 6) is -0.725. The molecule has 0 bridgehead atoms. The lowest BCUT2D eigenvalue weighted by Crippen LogP contribution is -2.38. The van der Waals surface area contributed by atoms with Crippen LogP contribution in [0.25, 0.3) is 6.08 Å². The molecule has 1 aliphatic heterocycles. The zero-order chi connectivity index (χ0) is 19.4. The quantitative estimate of drug-likeness (QED) is 0.713. The van der Waals surface area contributed by atoms with Gasteiger partial charge in [0.15, 0.2) is 0 Å². The molecule has 0 spiro atoms. The van der Waals surface area contributed by atoms with Crippen LogP contribution in [-0.2, 0) is 16.1 Å². The first-order chi connectivity index (χ1) is 12.9. The summed E-state index contributed by atoms with van der Waals surface area (Å²) in [6, 6.07) is 4.88. The van der Waals surface area contributed by atoms with Crippen LogP contribution in [-0.4, -0.2) is 49.8 Å². The topological polar surface area (TPSA) is 97.2 Å². The fraction of sp³-hybridized carbons (Fsp3) is 0.188. The molecular formula is C16H13Cl2N5O3S. The number of thioether (sulfide) groups is 1. The Morgan fingerprint density at radius 3 is 2.81 bits per heavy atom. The maximum atomic E-state index is 12.4. The number of aromatic nitrogens is 3. The second-order valence-corrected chi connectivity index (χ2v) is 7.28. The fourth-order valence-electron chi connectivity index (χ4n) is 2.28. The molecule has 1 aromatic heterocycles. The van der Waals surface area contributed by atoms with Gasteiger partial charge in [0.1, 0.15) is 19.2 Å². The normalized spacial score (nSPS) is 15.6. The summed E-state index contributed by atoms with van der Waals surface area (Å²) in [7, 11) is 0. The minimum absolute atomic E-state index is 0.0108. The lowest BCUT2D eigenvalue weighted by Gasteiger charge is -2.13. The second kappa shape index (κ2) is 8.55. The molecule has 8 nitrogen and oxygen atoms in total. The summed E-state index contributed by atoms with van der Waals surface area (Å²) in [4.78, 5) is 41.4. The molecule has 0 saturated carbocycles. The van der Waals surface area contributed by atoms with Crippen molar-refractivity contribution in [2.45, 2.75) is 6.54 Å². The van der Waals surface area contributed by atoms with Gasteiger partial charge < -0.3 is 5.32 Å². The Bertz CT molecular complexity index is 917. The van der Waals surface area contributed by atoms with E-state index in [2.05, 4.69) is 15.4 Å². The lowest BCUT2D eigenvalue weighted by molar-refractivity contribution is -0.124. The first-order valence-electron chi connectivity index (χ1n) is 7.73. The molecule has 27 heavy (non-hydrogen) atoms. The molecule has 3 rings (SSSR count). The predicted molar refractivity (Wildman–Crippen MR) is 102 cm³/mol. The SMILES string of the molecule is O=C(Cn1cncn1)NCCN1C(=O)SC(=Cc2ccc(Cl)cc2Cl)C1=O. The van der Waals surface area contributed by atoms with Crippen molar-refractivity contribution in [2.75, 3.05) is 13.1 Å². The molecule has 0 unspecified atom stereocenters. The third kappa shape index (κ3) is 4.88. The lowest BCUT2D eigenvalue weighted by atomic mass is 10.2. The molecular weight excluding hydrogens is 413 g/mol. The zero-order valence-electron chi connectivity index (χ0n) is 13.8. The summed E-state index contributed by atoms with van der Waals surface area (Å²) in [6.45, 7) is 0.219. The van der Waals surface area contributed by atoms with Crippen molar-refractivity contribution in [3.8, 4) is 0 Å². The van der Waals surface area contributed by atoms with Crippen molar-refractivity contribution in [1.82, 2.24) is 25.0 Å². The summed E-state index contributed by atoms with van der Waals surface area (Å²) in [6.07, 6.45) is 4.29. The number of nitrogens with one attached hydrogen (secondary N) is 1. The predicted octanol–water partition coefficient (Wildman–Crippen LogP) is 2.44. The monoisotopic (exact) mass is 425 g/mol. The average molecular weight is 426 g/mol. The highest BCUT2D eigenvalue weighted by atomic mass is 35.5. The maximum Gasteiger partial charge on any atom is 0.293 e. The van der Waals surface area contributed by atoms with Crippen molar-refractivity contribution in [2.24, 2.45) is 0 Å². The van der Waals surface area contributed by atoms with Gasteiger partial charge >= 0.3 is 0 Å². The van der Waals surface area contributed by atoms with Gasteiger partial charge in [-0.3, -0.25) is 19.3 Å². The molecule has 1 saturated heterocycles. The molecule has 1 N–H and O–H groups in total. The van der Waals surface area contributed by atoms with Crippen molar-refractivity contribution in [3.63, 3.8) is 0 Å². The van der Waals surface area contributed by atoms with Crippen LogP contribution >= 0.6 is 35.0 Å². The van der Waals surface area contributed by atoms with Crippen LogP contribution in [0.3, 0.4) is 0 Å². The van der Waals surface area contributed by atoms with Gasteiger partial charge in [-0.2, -0.15) is 5.10 Å². The smallest absolute Gasteiger partial charge is 0.293 e. The van der Waals surface area contributed by atoms with E-state index in [1.165, 1.54) is 17.3 Å². The number of imide groups is 1. The van der Waals surface area contributed by atoms with Crippen molar-refractivity contribution >= 4 is 58.1 Å². The molecule has 2 aromatic rings. The molecule has 0 aliphatic carbocycles. The number of rotatable bonds is 6. The minimum atomic E-state index is -0.429. The Morgan fingerprint density at radius 2 is 2.11 bits per heavy atom. The number of hydrogen-bond donors (Lipinski definition) is 1. The van der Waals surface area contributed by atoms with E-state index in [0.29, 0.717) is 15.6 Å². The molecule has 3 amide bonds. The van der Waals surface area contributed by atoms with Crippen LogP contribution in [0.2, 0.25) is 10.0 Å². The van der Waals surface area contributed by atoms with Gasteiger partial charge in [0.05, 0.1) is 4.91 Å². The molecule has 1 fully saturated rings. The third-order valence-electron chi connectivity index (χ3n) is 3.55. The van der Waals surface area contributed by atoms with E-state index in [4.69, 9.17) is 23.2 Å². The van der Waals surface area contributed by atoms with Gasteiger partial charge in [-0.15, -0.1) is 0 Å². The highest BCUT2D eigenvalue weighted by Crippen LogP contribution is 2.33. The molecule has 0 radical (unpaired) electrons. The number of halogens is 2. The number of amides is 3. The standard InChI is InChI=1S/C16H13Cl2N5O3S/c17-11-2-1-10(12(18)6-11)5-13-15(25)23(16(26)27-13)4-3-20-14(24)7-22-9-19-8-21-22/h1-2,5-6,8-9H,3-4,7H2,(H,20,24). The zero-order valence-corrected chi connectivity index (χ0v) is 16.1. The Kier molecular flexibility index (Phi) is 6.15. The van der Waals surface area contributed by atoms with E-state index in [9.17, 15) is 14.4 Å². The van der Waals surface area contributed by atoms with Gasteiger partial charge in [-0.25, -0.2) is 9.67 Å². The van der Waals surface area contributed by atoms with E-state index in [1.54, 1.807) is 24.3 Å². The molecule has 140 valence electrons. The average Bonchev–Trinajstić information content (AvgIpc) is 3.20. The van der Waals surface area contributed by atoms with Crippen molar-refractivity contribution < 1.29 is 14.4 Å². The summed E-state index contributed by atoms with van der Waals surface area (Å²) in [5.41, 5.74) is 0.590. The minimum Gasteiger partial charge on any atom is -0.353 e. The molecule has 0 atom stereocenters. The summed E-state index contributed by atoms with van der Waals surface area (Å²) < 4.78 is 1.37. The Balaban J connectivity index is 1.57. The van der Waals surface area contributed by atoms with Gasteiger partial charge in [0.25, 0.3) is 11.1 Å². The van der Waals surface area contributed by atoms with E-state index < -0.39 is 11.1 Å². The Labute approximate surface area is 168 Å². The van der Waals surface area contributed by atoms with Gasteiger partial charge in [-0.05, 0) is 35.5 Å². The molecule has 1 aliphatic rings. The first kappa shape index (κ1) is 19.4. The van der Waals surface area contributed by atoms with Gasteiger partial charge in [0, 0.05) is 23.1 Å². The largest absolute Gasteiger partial charge is 0.353 e. The number of hydrogen-bond acceptors (Lipinski definition) is 6. The van der Waals surface area contributed by atoms with Crippen molar-refractivity contribution in [3.05, 3.63) is 51.4 Å². The Hall–Kier alpha value is -2.36. The second-order valence-electron chi connectivity index (χ2n) is 5.44. The highest BCUT2D eigenvalue weighted by molar-refractivity contribution is 8.18. The number of nitrogens with zero attached hydrogens (tertiary/aromatic N) is 4. The molecule has 1 aromatic carbocycles. The van der Waals surface area contributed by atoms with Crippen LogP contribution in [0.5, 0.6) is 0 Å². The van der Waals surface area contributed by atoms with Crippen molar-refractivity contribution in [1.29, 1.82) is 0 Å². The van der Waals surface area contributed by atoms with E-state index in [-0.39, 0.29) is 30.4 Å². The van der Waals surface area contributed by atoms with Crippen LogP contribution in [0.1, 0.15) is 5.56 Å². The number of carbonyl (C=O) groups excluding carboxylic acids is 3. The number of benzene rings is 1. The maximum absolute atomic E-state index is 12.4. The summed E-state index contributed by atoms with van der Waals surface area (Å²) >= 11 is 12.8. The van der Waals surface area contributed by atoms with E-state index in [1.807, 2.05) is 0 Å². The Morgan fingerprint density at radius 1 is 1.30 bits per heavy atom. The highest BCUT2D eigenvalue weighted by Gasteiger charge is 2.34. The summed E-state index contributed by atoms with van der Waals surface area (Å²) in [5, 5.41) is 6.92. The molecule has 11 heteroatoms. The van der Waals surface area contributed by atoms with E-state index >= 15 is 0 Å². The molecule has 2 heterocycles. The van der Waals surface area contributed by atoms with Crippen LogP contribution < -0.4 is 5.32 Å². The van der Waals surface area contributed by atoms with E-state index in [0.717, 1.165) is 16.7 Å². The van der Waals surface area contributed by atoms with Crippen LogP contribution in [0.4, 0.5) is 4.79 Å². The fourth-order valence-corrected chi connectivity index (χ4v) is 3.60. The van der Waals surface area contributed by atoms with Gasteiger partial charge in [-0.1, -0.05) is 29.3 Å². The first-order valence-corrected chi connectivity index (χ1v) is 9.31. The third-order valence-corrected chi connectivity index (χ3v) is 5.02.